The van der Waals surface area contributed by atoms with Crippen LogP contribution < -0.4 is 0 Å². The molecule has 138 valence electrons. The van der Waals surface area contributed by atoms with Crippen LogP contribution in [0.4, 0.5) is 0 Å². The van der Waals surface area contributed by atoms with Crippen molar-refractivity contribution in [2.24, 2.45) is 23.7 Å². The highest BCUT2D eigenvalue weighted by Gasteiger charge is 2.59. The number of carbonyl (C=O) groups is 2. The molecule has 0 spiro atoms. The van der Waals surface area contributed by atoms with Crippen LogP contribution in [-0.4, -0.2) is 46.6 Å². The number of hydrogen-bond donors (Lipinski definition) is 2. The smallest absolute Gasteiger partial charge is 0.336 e. The Bertz CT molecular complexity index is 625. The number of aliphatic hydroxyl groups excluding tert-OH is 2. The Balaban J connectivity index is 1.92. The normalized spacial score (nSPS) is 43.0. The first-order valence-electron chi connectivity index (χ1n) is 8.79. The predicted molar refractivity (Wildman–Crippen MR) is 89.2 cm³/mol. The van der Waals surface area contributed by atoms with Gasteiger partial charge in [0.1, 0.15) is 11.7 Å². The monoisotopic (exact) mass is 350 g/mol. The number of aliphatic hydroxyl groups is 2. The molecule has 1 aliphatic heterocycles. The largest absolute Gasteiger partial charge is 0.461 e. The highest BCUT2D eigenvalue weighted by molar-refractivity contribution is 5.88. The van der Waals surface area contributed by atoms with Gasteiger partial charge in [-0.15, -0.1) is 0 Å². The van der Waals surface area contributed by atoms with Gasteiger partial charge in [0.15, 0.2) is 0 Å². The van der Waals surface area contributed by atoms with E-state index in [9.17, 15) is 14.7 Å². The zero-order valence-corrected chi connectivity index (χ0v) is 14.7. The summed E-state index contributed by atoms with van der Waals surface area (Å²) in [6.45, 7) is 11.0. The number of hydrogen-bond acceptors (Lipinski definition) is 6. The summed E-state index contributed by atoms with van der Waals surface area (Å²) in [6, 6.07) is 0. The van der Waals surface area contributed by atoms with Crippen LogP contribution >= 0.6 is 0 Å². The molecule has 0 amide bonds. The van der Waals surface area contributed by atoms with Gasteiger partial charge in [-0.3, -0.25) is 4.79 Å². The van der Waals surface area contributed by atoms with Crippen LogP contribution in [0.1, 0.15) is 33.1 Å². The van der Waals surface area contributed by atoms with E-state index in [2.05, 4.69) is 13.2 Å². The third-order valence-corrected chi connectivity index (χ3v) is 6.23. The molecule has 3 aliphatic rings. The van der Waals surface area contributed by atoms with Crippen LogP contribution in [-0.2, 0) is 19.1 Å². The van der Waals surface area contributed by atoms with Crippen molar-refractivity contribution in [3.05, 3.63) is 24.3 Å². The fourth-order valence-electron chi connectivity index (χ4n) is 4.93. The Hall–Kier alpha value is -1.66. The van der Waals surface area contributed by atoms with E-state index in [0.29, 0.717) is 19.3 Å². The molecule has 7 unspecified atom stereocenters. The van der Waals surface area contributed by atoms with Crippen molar-refractivity contribution in [2.45, 2.75) is 50.9 Å². The maximum absolute atomic E-state index is 12.2. The van der Waals surface area contributed by atoms with Crippen LogP contribution in [0.25, 0.3) is 0 Å². The van der Waals surface area contributed by atoms with E-state index in [1.807, 2.05) is 13.8 Å². The molecule has 3 fully saturated rings. The van der Waals surface area contributed by atoms with E-state index in [0.717, 1.165) is 5.57 Å². The number of rotatable bonds is 3. The first-order valence-corrected chi connectivity index (χ1v) is 8.79. The lowest BCUT2D eigenvalue weighted by atomic mass is 9.56. The van der Waals surface area contributed by atoms with Crippen molar-refractivity contribution >= 4 is 11.9 Å². The van der Waals surface area contributed by atoms with Crippen LogP contribution in [0.15, 0.2) is 24.3 Å². The second kappa shape index (κ2) is 6.25. The number of ether oxygens (including phenoxy) is 2. The topological polar surface area (TPSA) is 93.1 Å². The van der Waals surface area contributed by atoms with E-state index in [1.165, 1.54) is 0 Å². The predicted octanol–water partition coefficient (Wildman–Crippen LogP) is 1.36. The highest BCUT2D eigenvalue weighted by atomic mass is 16.6. The third-order valence-electron chi connectivity index (χ3n) is 6.23. The van der Waals surface area contributed by atoms with Crippen molar-refractivity contribution in [3.63, 3.8) is 0 Å². The molecule has 6 nitrogen and oxygen atoms in total. The Labute approximate surface area is 147 Å². The molecule has 0 radical (unpaired) electrons. The molecule has 0 aromatic carbocycles. The molecule has 6 heteroatoms. The van der Waals surface area contributed by atoms with Gasteiger partial charge in [-0.2, -0.15) is 0 Å². The number of fused-ring (bicyclic) bond motifs is 2. The fraction of sp³-hybridized carbons (Fsp3) is 0.684. The van der Waals surface area contributed by atoms with Crippen molar-refractivity contribution in [1.29, 1.82) is 0 Å². The first kappa shape index (κ1) is 18.1. The molecular formula is C19H26O6. The minimum absolute atomic E-state index is 0.00376. The molecular weight excluding hydrogens is 324 g/mol. The van der Waals surface area contributed by atoms with E-state index < -0.39 is 24.3 Å². The highest BCUT2D eigenvalue weighted by Crippen LogP contribution is 2.55. The SMILES string of the molecule is C=C(CO)C(=O)OC1(C)CCC(O)C2CC3OC(=O)C(C)C3C(=C)C21. The van der Waals surface area contributed by atoms with Crippen molar-refractivity contribution in [1.82, 2.24) is 0 Å². The van der Waals surface area contributed by atoms with Gasteiger partial charge in [0.25, 0.3) is 0 Å². The van der Waals surface area contributed by atoms with Gasteiger partial charge in [0.05, 0.1) is 24.2 Å². The minimum atomic E-state index is -0.855. The molecule has 3 rings (SSSR count). The summed E-state index contributed by atoms with van der Waals surface area (Å²) in [6.07, 6.45) is 0.700. The standard InChI is InChI=1S/C19H26O6/c1-9(8-20)17(22)25-19(4)6-5-13(21)12-7-14-15(10(2)16(12)19)11(3)18(23)24-14/h11-16,20-21H,1-2,5-8H2,3-4H3. The summed E-state index contributed by atoms with van der Waals surface area (Å²) < 4.78 is 11.2. The van der Waals surface area contributed by atoms with Gasteiger partial charge >= 0.3 is 11.9 Å². The van der Waals surface area contributed by atoms with Gasteiger partial charge in [-0.05, 0) is 32.1 Å². The van der Waals surface area contributed by atoms with Gasteiger partial charge in [-0.25, -0.2) is 4.79 Å². The summed E-state index contributed by atoms with van der Waals surface area (Å²) >= 11 is 0. The zero-order valence-electron chi connectivity index (χ0n) is 14.7. The summed E-state index contributed by atoms with van der Waals surface area (Å²) in [4.78, 5) is 24.2. The van der Waals surface area contributed by atoms with Crippen molar-refractivity contribution in [2.75, 3.05) is 6.61 Å². The molecule has 1 heterocycles. The minimum Gasteiger partial charge on any atom is -0.461 e. The molecule has 2 N–H and O–H groups in total. The average molecular weight is 350 g/mol. The van der Waals surface area contributed by atoms with Gasteiger partial charge in [-0.1, -0.05) is 25.7 Å². The molecule has 25 heavy (non-hydrogen) atoms. The Morgan fingerprint density at radius 2 is 2.16 bits per heavy atom. The van der Waals surface area contributed by atoms with E-state index in [1.54, 1.807) is 0 Å². The van der Waals surface area contributed by atoms with Gasteiger partial charge in [0.2, 0.25) is 0 Å². The van der Waals surface area contributed by atoms with Crippen LogP contribution in [0.5, 0.6) is 0 Å². The van der Waals surface area contributed by atoms with E-state index in [-0.39, 0.29) is 41.3 Å². The van der Waals surface area contributed by atoms with Crippen LogP contribution in [0, 0.1) is 23.7 Å². The molecule has 0 bridgehead atoms. The maximum atomic E-state index is 12.2. The third kappa shape index (κ3) is 2.81. The molecule has 1 saturated heterocycles. The maximum Gasteiger partial charge on any atom is 0.336 e. The van der Waals surface area contributed by atoms with Crippen LogP contribution in [0.3, 0.4) is 0 Å². The molecule has 7 atom stereocenters. The second-order valence-electron chi connectivity index (χ2n) is 7.81. The molecule has 2 aliphatic carbocycles. The quantitative estimate of drug-likeness (QED) is 0.454. The van der Waals surface area contributed by atoms with Gasteiger partial charge < -0.3 is 19.7 Å². The van der Waals surface area contributed by atoms with E-state index >= 15 is 0 Å². The second-order valence-corrected chi connectivity index (χ2v) is 7.81. The molecule has 0 aromatic rings. The Kier molecular flexibility index (Phi) is 4.54. The lowest BCUT2D eigenvalue weighted by Crippen LogP contribution is -2.56. The Morgan fingerprint density at radius 1 is 1.48 bits per heavy atom. The average Bonchev–Trinajstić information content (AvgIpc) is 2.85. The van der Waals surface area contributed by atoms with Crippen LogP contribution in [0.2, 0.25) is 0 Å². The summed E-state index contributed by atoms with van der Waals surface area (Å²) in [5.41, 5.74) is -0.0498. The zero-order chi connectivity index (χ0) is 18.5. The first-order chi connectivity index (χ1) is 11.7. The fourth-order valence-corrected chi connectivity index (χ4v) is 4.93. The summed E-state index contributed by atoms with van der Waals surface area (Å²) in [5.74, 6) is -1.73. The van der Waals surface area contributed by atoms with Gasteiger partial charge in [0, 0.05) is 11.8 Å². The Morgan fingerprint density at radius 3 is 2.80 bits per heavy atom. The summed E-state index contributed by atoms with van der Waals surface area (Å²) in [5, 5.41) is 19.6. The van der Waals surface area contributed by atoms with E-state index in [4.69, 9.17) is 14.6 Å². The number of esters is 2. The summed E-state index contributed by atoms with van der Waals surface area (Å²) in [7, 11) is 0. The number of carbonyl (C=O) groups excluding carboxylic acids is 2. The van der Waals surface area contributed by atoms with Crippen molar-refractivity contribution < 1.29 is 29.3 Å². The lowest BCUT2D eigenvalue weighted by Gasteiger charge is -2.53. The molecule has 0 aromatic heterocycles. The lowest BCUT2D eigenvalue weighted by molar-refractivity contribution is -0.176. The van der Waals surface area contributed by atoms with Crippen molar-refractivity contribution in [3.8, 4) is 0 Å². The molecule has 2 saturated carbocycles.